The van der Waals surface area contributed by atoms with Crippen LogP contribution in [0, 0.1) is 0 Å². The first-order valence-corrected chi connectivity index (χ1v) is 10.3. The van der Waals surface area contributed by atoms with E-state index in [1.165, 1.54) is 45.1 Å². The van der Waals surface area contributed by atoms with Crippen LogP contribution in [0.1, 0.15) is 44.4 Å². The van der Waals surface area contributed by atoms with Crippen molar-refractivity contribution in [2.75, 3.05) is 33.3 Å². The molecule has 1 aliphatic heterocycles. The summed E-state index contributed by atoms with van der Waals surface area (Å²) in [4.78, 5) is 9.77. The molecule has 6 heteroatoms. The van der Waals surface area contributed by atoms with E-state index in [0.29, 0.717) is 11.7 Å². The van der Waals surface area contributed by atoms with E-state index in [9.17, 15) is 0 Å². The van der Waals surface area contributed by atoms with Crippen LogP contribution in [-0.2, 0) is 6.54 Å². The van der Waals surface area contributed by atoms with Crippen molar-refractivity contribution in [1.82, 2.24) is 19.9 Å². The van der Waals surface area contributed by atoms with E-state index in [4.69, 9.17) is 9.26 Å². The number of nitrogens with zero attached hydrogens (tertiary/aromatic N) is 4. The summed E-state index contributed by atoms with van der Waals surface area (Å²) in [6.07, 6.45) is 8.21. The standard InChI is InChI=1S/C21H30N4O2/c1-26-19-10-8-17(9-11-19)21-22-20(27-23-21)16-24-12-5-13-25(15-14-24)18-6-3-2-4-7-18/h8-11,18H,2-7,12-16H2,1H3. The summed E-state index contributed by atoms with van der Waals surface area (Å²) in [7, 11) is 1.66. The SMILES string of the molecule is COc1ccc(-c2noc(CN3CCCN(C4CCCCC4)CC3)n2)cc1. The molecule has 1 aromatic heterocycles. The van der Waals surface area contributed by atoms with Gasteiger partial charge < -0.3 is 9.26 Å². The van der Waals surface area contributed by atoms with Gasteiger partial charge in [0.05, 0.1) is 13.7 Å². The Bertz CT molecular complexity index is 709. The minimum absolute atomic E-state index is 0.645. The molecule has 1 saturated carbocycles. The lowest BCUT2D eigenvalue weighted by atomic mass is 9.94. The van der Waals surface area contributed by atoms with Crippen molar-refractivity contribution in [1.29, 1.82) is 0 Å². The second-order valence-corrected chi connectivity index (χ2v) is 7.70. The van der Waals surface area contributed by atoms with Gasteiger partial charge in [0.15, 0.2) is 0 Å². The molecule has 2 aromatic rings. The van der Waals surface area contributed by atoms with Crippen LogP contribution in [0.3, 0.4) is 0 Å². The Balaban J connectivity index is 1.33. The molecule has 0 radical (unpaired) electrons. The molecule has 0 bridgehead atoms. The molecule has 6 nitrogen and oxygen atoms in total. The van der Waals surface area contributed by atoms with E-state index in [1.807, 2.05) is 24.3 Å². The van der Waals surface area contributed by atoms with Gasteiger partial charge in [0, 0.05) is 24.7 Å². The Morgan fingerprint density at radius 2 is 1.81 bits per heavy atom. The van der Waals surface area contributed by atoms with Crippen LogP contribution in [0.25, 0.3) is 11.4 Å². The number of hydrogen-bond acceptors (Lipinski definition) is 6. The maximum Gasteiger partial charge on any atom is 0.241 e. The topological polar surface area (TPSA) is 54.6 Å². The molecule has 0 unspecified atom stereocenters. The van der Waals surface area contributed by atoms with Crippen LogP contribution in [-0.4, -0.2) is 59.3 Å². The number of aromatic nitrogens is 2. The molecule has 2 aliphatic rings. The van der Waals surface area contributed by atoms with Gasteiger partial charge in [-0.3, -0.25) is 9.80 Å². The number of hydrogen-bond donors (Lipinski definition) is 0. The zero-order valence-electron chi connectivity index (χ0n) is 16.3. The first-order chi connectivity index (χ1) is 13.3. The summed E-state index contributed by atoms with van der Waals surface area (Å²) < 4.78 is 10.7. The highest BCUT2D eigenvalue weighted by molar-refractivity contribution is 5.55. The largest absolute Gasteiger partial charge is 0.497 e. The Labute approximate surface area is 161 Å². The van der Waals surface area contributed by atoms with Crippen molar-refractivity contribution in [2.24, 2.45) is 0 Å². The molecule has 0 amide bonds. The summed E-state index contributed by atoms with van der Waals surface area (Å²) >= 11 is 0. The van der Waals surface area contributed by atoms with Gasteiger partial charge in [-0.05, 0) is 56.6 Å². The second kappa shape index (κ2) is 8.85. The fourth-order valence-electron chi connectivity index (χ4n) is 4.33. The van der Waals surface area contributed by atoms with Crippen molar-refractivity contribution in [3.8, 4) is 17.1 Å². The predicted molar refractivity (Wildman–Crippen MR) is 105 cm³/mol. The third-order valence-corrected chi connectivity index (χ3v) is 5.89. The minimum Gasteiger partial charge on any atom is -0.497 e. The Morgan fingerprint density at radius 3 is 2.59 bits per heavy atom. The summed E-state index contributed by atoms with van der Waals surface area (Å²) in [5.74, 6) is 2.17. The fraction of sp³-hybridized carbons (Fsp3) is 0.619. The highest BCUT2D eigenvalue weighted by atomic mass is 16.5. The summed E-state index contributed by atoms with van der Waals surface area (Å²) in [6.45, 7) is 5.30. The normalized spacial score (nSPS) is 20.5. The van der Waals surface area contributed by atoms with Crippen LogP contribution >= 0.6 is 0 Å². The number of ether oxygens (including phenoxy) is 1. The van der Waals surface area contributed by atoms with E-state index >= 15 is 0 Å². The summed E-state index contributed by atoms with van der Waals surface area (Å²) in [6, 6.07) is 8.56. The highest BCUT2D eigenvalue weighted by Crippen LogP contribution is 2.24. The third kappa shape index (κ3) is 4.68. The van der Waals surface area contributed by atoms with Crippen molar-refractivity contribution >= 4 is 0 Å². The lowest BCUT2D eigenvalue weighted by Crippen LogP contribution is -2.39. The monoisotopic (exact) mass is 370 g/mol. The van der Waals surface area contributed by atoms with Gasteiger partial charge in [-0.15, -0.1) is 0 Å². The molecule has 0 atom stereocenters. The molecule has 1 aliphatic carbocycles. The molecule has 2 fully saturated rings. The van der Waals surface area contributed by atoms with Gasteiger partial charge in [0.25, 0.3) is 0 Å². The average Bonchev–Trinajstić information content (AvgIpc) is 3.06. The lowest BCUT2D eigenvalue weighted by molar-refractivity contribution is 0.156. The molecule has 0 N–H and O–H groups in total. The van der Waals surface area contributed by atoms with Gasteiger partial charge in [-0.2, -0.15) is 4.98 Å². The predicted octanol–water partition coefficient (Wildman–Crippen LogP) is 3.59. The van der Waals surface area contributed by atoms with Gasteiger partial charge in [-0.1, -0.05) is 24.4 Å². The van der Waals surface area contributed by atoms with Crippen molar-refractivity contribution in [2.45, 2.75) is 51.1 Å². The van der Waals surface area contributed by atoms with Crippen molar-refractivity contribution in [3.63, 3.8) is 0 Å². The second-order valence-electron chi connectivity index (χ2n) is 7.70. The third-order valence-electron chi connectivity index (χ3n) is 5.89. The van der Waals surface area contributed by atoms with Crippen LogP contribution in [0.2, 0.25) is 0 Å². The van der Waals surface area contributed by atoms with Crippen molar-refractivity contribution < 1.29 is 9.26 Å². The van der Waals surface area contributed by atoms with Crippen LogP contribution in [0.15, 0.2) is 28.8 Å². The minimum atomic E-state index is 0.645. The quantitative estimate of drug-likeness (QED) is 0.802. The zero-order chi connectivity index (χ0) is 18.5. The molecular weight excluding hydrogens is 340 g/mol. The highest BCUT2D eigenvalue weighted by Gasteiger charge is 2.24. The molecule has 4 rings (SSSR count). The Hall–Kier alpha value is -1.92. The van der Waals surface area contributed by atoms with Gasteiger partial charge in [0.2, 0.25) is 11.7 Å². The molecule has 146 valence electrons. The first kappa shape index (κ1) is 18.4. The van der Waals surface area contributed by atoms with E-state index in [-0.39, 0.29) is 0 Å². The van der Waals surface area contributed by atoms with Crippen molar-refractivity contribution in [3.05, 3.63) is 30.2 Å². The first-order valence-electron chi connectivity index (χ1n) is 10.3. The summed E-state index contributed by atoms with van der Waals surface area (Å²) in [5.41, 5.74) is 0.949. The molecule has 1 saturated heterocycles. The van der Waals surface area contributed by atoms with Crippen LogP contribution in [0.4, 0.5) is 0 Å². The van der Waals surface area contributed by atoms with Crippen LogP contribution < -0.4 is 4.74 Å². The number of rotatable bonds is 5. The van der Waals surface area contributed by atoms with Gasteiger partial charge in [0.1, 0.15) is 5.75 Å². The van der Waals surface area contributed by atoms with E-state index < -0.39 is 0 Å². The van der Waals surface area contributed by atoms with Crippen LogP contribution in [0.5, 0.6) is 5.75 Å². The lowest BCUT2D eigenvalue weighted by Gasteiger charge is -2.33. The summed E-state index contributed by atoms with van der Waals surface area (Å²) in [5, 5.41) is 4.16. The number of benzene rings is 1. The van der Waals surface area contributed by atoms with E-state index in [1.54, 1.807) is 7.11 Å². The molecule has 27 heavy (non-hydrogen) atoms. The Kier molecular flexibility index (Phi) is 6.04. The molecule has 2 heterocycles. The fourth-order valence-corrected chi connectivity index (χ4v) is 4.33. The molecule has 0 spiro atoms. The van der Waals surface area contributed by atoms with E-state index in [2.05, 4.69) is 19.9 Å². The smallest absolute Gasteiger partial charge is 0.241 e. The molecule has 1 aromatic carbocycles. The average molecular weight is 370 g/mol. The Morgan fingerprint density at radius 1 is 1.00 bits per heavy atom. The van der Waals surface area contributed by atoms with Gasteiger partial charge >= 0.3 is 0 Å². The maximum absolute atomic E-state index is 5.51. The maximum atomic E-state index is 5.51. The zero-order valence-corrected chi connectivity index (χ0v) is 16.3. The molecular formula is C21H30N4O2. The van der Waals surface area contributed by atoms with Gasteiger partial charge in [-0.25, -0.2) is 0 Å². The van der Waals surface area contributed by atoms with E-state index in [0.717, 1.165) is 43.5 Å². The number of methoxy groups -OCH3 is 1.